The highest BCUT2D eigenvalue weighted by Crippen LogP contribution is 2.21. The number of aromatic amines is 1. The number of nitrogen functional groups attached to an aromatic ring is 1. The van der Waals surface area contributed by atoms with Crippen LogP contribution >= 0.6 is 23.1 Å². The maximum absolute atomic E-state index is 11.9. The minimum absolute atomic E-state index is 0.141. The molecule has 3 aromatic heterocycles. The molecular formula is C12H13N7OS2. The van der Waals surface area contributed by atoms with Crippen molar-refractivity contribution in [3.63, 3.8) is 0 Å². The fraction of sp³-hybridized carbons (Fsp3) is 0.250. The first-order valence-corrected chi connectivity index (χ1v) is 8.17. The van der Waals surface area contributed by atoms with Gasteiger partial charge in [-0.1, -0.05) is 11.8 Å². The third-order valence-electron chi connectivity index (χ3n) is 2.74. The fourth-order valence-electron chi connectivity index (χ4n) is 1.74. The van der Waals surface area contributed by atoms with Crippen molar-refractivity contribution in [2.75, 3.05) is 24.7 Å². The number of hydrogen-bond donors (Lipinski definition) is 2. The van der Waals surface area contributed by atoms with Crippen LogP contribution in [0.3, 0.4) is 0 Å². The topological polar surface area (TPSA) is 114 Å². The van der Waals surface area contributed by atoms with Crippen LogP contribution in [0.5, 0.6) is 0 Å². The van der Waals surface area contributed by atoms with Crippen molar-refractivity contribution in [2.45, 2.75) is 10.9 Å². The second-order valence-corrected chi connectivity index (χ2v) is 6.46. The van der Waals surface area contributed by atoms with Crippen LogP contribution in [-0.2, 0) is 5.75 Å². The number of anilines is 2. The molecule has 0 aliphatic rings. The molecule has 0 aromatic carbocycles. The highest BCUT2D eigenvalue weighted by molar-refractivity contribution is 7.98. The van der Waals surface area contributed by atoms with Crippen LogP contribution in [0, 0.1) is 0 Å². The van der Waals surface area contributed by atoms with Crippen LogP contribution in [0.1, 0.15) is 5.82 Å². The number of rotatable bonds is 4. The molecule has 0 saturated carbocycles. The summed E-state index contributed by atoms with van der Waals surface area (Å²) in [6.45, 7) is 0. The molecule has 0 unspecified atom stereocenters. The van der Waals surface area contributed by atoms with E-state index in [1.54, 1.807) is 11.0 Å². The third-order valence-corrected chi connectivity index (χ3v) is 4.41. The molecule has 0 saturated heterocycles. The Kier molecular flexibility index (Phi) is 3.94. The number of nitrogens with one attached hydrogen (secondary N) is 1. The number of H-pyrrole nitrogens is 1. The zero-order valence-corrected chi connectivity index (χ0v) is 13.5. The maximum Gasteiger partial charge on any atom is 0.260 e. The molecule has 8 nitrogen and oxygen atoms in total. The summed E-state index contributed by atoms with van der Waals surface area (Å²) in [5.41, 5.74) is 5.54. The van der Waals surface area contributed by atoms with Crippen molar-refractivity contribution in [3.8, 4) is 0 Å². The molecule has 3 N–H and O–H groups in total. The van der Waals surface area contributed by atoms with Gasteiger partial charge in [-0.2, -0.15) is 15.0 Å². The Balaban J connectivity index is 1.83. The average Bonchev–Trinajstić information content (AvgIpc) is 2.93. The standard InChI is InChI=1S/C12H13N7OS2/c1-19(2)11-15-7(14-10(13)18-11)5-22-12-16-8(20)6-3-4-21-9(6)17-12/h3-4H,5H2,1-2H3,(H,16,17,20)(H2,13,14,15,18). The summed E-state index contributed by atoms with van der Waals surface area (Å²) in [5, 5.41) is 2.98. The van der Waals surface area contributed by atoms with E-state index in [1.807, 2.05) is 19.5 Å². The van der Waals surface area contributed by atoms with Gasteiger partial charge in [0.2, 0.25) is 11.9 Å². The van der Waals surface area contributed by atoms with Gasteiger partial charge in [-0.25, -0.2) is 4.98 Å². The van der Waals surface area contributed by atoms with E-state index in [-0.39, 0.29) is 11.5 Å². The molecule has 0 aliphatic heterocycles. The van der Waals surface area contributed by atoms with Crippen LogP contribution in [0.4, 0.5) is 11.9 Å². The number of thioether (sulfide) groups is 1. The Bertz CT molecular complexity index is 873. The second kappa shape index (κ2) is 5.89. The number of aromatic nitrogens is 5. The van der Waals surface area contributed by atoms with Gasteiger partial charge in [0.05, 0.1) is 11.1 Å². The van der Waals surface area contributed by atoms with Crippen molar-refractivity contribution in [1.82, 2.24) is 24.9 Å². The highest BCUT2D eigenvalue weighted by atomic mass is 32.2. The van der Waals surface area contributed by atoms with Gasteiger partial charge in [-0.15, -0.1) is 11.3 Å². The number of nitrogens with two attached hydrogens (primary N) is 1. The summed E-state index contributed by atoms with van der Waals surface area (Å²) >= 11 is 2.78. The molecular weight excluding hydrogens is 322 g/mol. The van der Waals surface area contributed by atoms with E-state index < -0.39 is 0 Å². The predicted octanol–water partition coefficient (Wildman–Crippen LogP) is 1.11. The Morgan fingerprint density at radius 1 is 1.32 bits per heavy atom. The fourth-order valence-corrected chi connectivity index (χ4v) is 3.27. The summed E-state index contributed by atoms with van der Waals surface area (Å²) in [6.07, 6.45) is 0. The van der Waals surface area contributed by atoms with Gasteiger partial charge in [0.1, 0.15) is 10.7 Å². The largest absolute Gasteiger partial charge is 0.368 e. The van der Waals surface area contributed by atoms with Crippen LogP contribution < -0.4 is 16.2 Å². The van der Waals surface area contributed by atoms with E-state index in [4.69, 9.17) is 5.73 Å². The highest BCUT2D eigenvalue weighted by Gasteiger charge is 2.09. The molecule has 0 fully saturated rings. The lowest BCUT2D eigenvalue weighted by Crippen LogP contribution is -2.16. The molecule has 0 amide bonds. The maximum atomic E-state index is 11.9. The van der Waals surface area contributed by atoms with E-state index in [0.29, 0.717) is 28.1 Å². The van der Waals surface area contributed by atoms with E-state index in [2.05, 4.69) is 24.9 Å². The van der Waals surface area contributed by atoms with E-state index >= 15 is 0 Å². The minimum Gasteiger partial charge on any atom is -0.368 e. The molecule has 3 rings (SSSR count). The van der Waals surface area contributed by atoms with Crippen molar-refractivity contribution in [3.05, 3.63) is 27.6 Å². The lowest BCUT2D eigenvalue weighted by molar-refractivity contribution is 0.914. The number of nitrogens with zero attached hydrogens (tertiary/aromatic N) is 5. The molecule has 3 aromatic rings. The van der Waals surface area contributed by atoms with Crippen LogP contribution in [-0.4, -0.2) is 39.0 Å². The van der Waals surface area contributed by atoms with E-state index in [1.165, 1.54) is 23.1 Å². The van der Waals surface area contributed by atoms with Gasteiger partial charge in [0, 0.05) is 14.1 Å². The molecule has 0 atom stereocenters. The summed E-state index contributed by atoms with van der Waals surface area (Å²) in [7, 11) is 3.66. The smallest absolute Gasteiger partial charge is 0.260 e. The lowest BCUT2D eigenvalue weighted by Gasteiger charge is -2.11. The first kappa shape index (κ1) is 14.7. The zero-order chi connectivity index (χ0) is 15.7. The predicted molar refractivity (Wildman–Crippen MR) is 88.4 cm³/mol. The molecule has 0 spiro atoms. The Hall–Kier alpha value is -2.20. The van der Waals surface area contributed by atoms with Gasteiger partial charge in [0.25, 0.3) is 5.56 Å². The van der Waals surface area contributed by atoms with Crippen LogP contribution in [0.15, 0.2) is 21.4 Å². The summed E-state index contributed by atoms with van der Waals surface area (Å²) in [4.78, 5) is 34.0. The summed E-state index contributed by atoms with van der Waals surface area (Å²) in [6, 6.07) is 1.76. The monoisotopic (exact) mass is 335 g/mol. The Labute approximate surface area is 133 Å². The Morgan fingerprint density at radius 3 is 2.91 bits per heavy atom. The number of hydrogen-bond acceptors (Lipinski definition) is 9. The SMILES string of the molecule is CN(C)c1nc(N)nc(CSc2nc3sccc3c(=O)[nH]2)n1. The molecule has 3 heterocycles. The summed E-state index contributed by atoms with van der Waals surface area (Å²) in [5.74, 6) is 1.64. The Morgan fingerprint density at radius 2 is 2.14 bits per heavy atom. The normalized spacial score (nSPS) is 11.0. The quantitative estimate of drug-likeness (QED) is 0.538. The molecule has 10 heteroatoms. The van der Waals surface area contributed by atoms with Gasteiger partial charge >= 0.3 is 0 Å². The van der Waals surface area contributed by atoms with Gasteiger partial charge in [0.15, 0.2) is 5.16 Å². The first-order chi connectivity index (χ1) is 10.5. The first-order valence-electron chi connectivity index (χ1n) is 6.31. The lowest BCUT2D eigenvalue weighted by atomic mass is 10.4. The van der Waals surface area contributed by atoms with Crippen LogP contribution in [0.2, 0.25) is 0 Å². The van der Waals surface area contributed by atoms with Gasteiger partial charge < -0.3 is 15.6 Å². The molecule has 0 aliphatic carbocycles. The summed E-state index contributed by atoms with van der Waals surface area (Å²) < 4.78 is 0. The number of fused-ring (bicyclic) bond motifs is 1. The van der Waals surface area contributed by atoms with Crippen molar-refractivity contribution >= 4 is 45.2 Å². The zero-order valence-electron chi connectivity index (χ0n) is 11.9. The van der Waals surface area contributed by atoms with Gasteiger partial charge in [-0.3, -0.25) is 4.79 Å². The molecule has 0 bridgehead atoms. The second-order valence-electron chi connectivity index (χ2n) is 4.60. The van der Waals surface area contributed by atoms with Crippen LogP contribution in [0.25, 0.3) is 10.2 Å². The third kappa shape index (κ3) is 3.02. The van der Waals surface area contributed by atoms with Crippen molar-refractivity contribution in [2.24, 2.45) is 0 Å². The minimum atomic E-state index is -0.141. The molecule has 22 heavy (non-hydrogen) atoms. The van der Waals surface area contributed by atoms with Crippen molar-refractivity contribution < 1.29 is 0 Å². The average molecular weight is 335 g/mol. The number of thiophene rings is 1. The van der Waals surface area contributed by atoms with E-state index in [0.717, 1.165) is 4.83 Å². The van der Waals surface area contributed by atoms with Gasteiger partial charge in [-0.05, 0) is 11.4 Å². The molecule has 0 radical (unpaired) electrons. The van der Waals surface area contributed by atoms with Crippen molar-refractivity contribution in [1.29, 1.82) is 0 Å². The molecule has 114 valence electrons. The van der Waals surface area contributed by atoms with E-state index in [9.17, 15) is 4.79 Å².